The Hall–Kier alpha value is -4.64. The van der Waals surface area contributed by atoms with Crippen LogP contribution in [0.25, 0.3) is 22.4 Å². The zero-order chi connectivity index (χ0) is 25.1. The maximum Gasteiger partial charge on any atom is 0.291 e. The number of carbonyl (C=O) groups is 1. The molecular formula is C25H18FN5O4S. The summed E-state index contributed by atoms with van der Waals surface area (Å²) in [6.07, 6.45) is 4.99. The smallest absolute Gasteiger partial charge is 0.291 e. The molecule has 0 unspecified atom stereocenters. The molecule has 0 radical (unpaired) electrons. The van der Waals surface area contributed by atoms with E-state index in [2.05, 4.69) is 20.4 Å². The van der Waals surface area contributed by atoms with Crippen molar-refractivity contribution in [1.29, 1.82) is 0 Å². The third-order valence-corrected chi connectivity index (χ3v) is 6.05. The summed E-state index contributed by atoms with van der Waals surface area (Å²) >= 11 is 1.23. The summed E-state index contributed by atoms with van der Waals surface area (Å²) in [7, 11) is 1.48. The molecule has 3 aromatic heterocycles. The Balaban J connectivity index is 1.32. The molecule has 9 nitrogen and oxygen atoms in total. The number of rotatable bonds is 7. The Kier molecular flexibility index (Phi) is 6.37. The Morgan fingerprint density at radius 1 is 1.11 bits per heavy atom. The predicted molar refractivity (Wildman–Crippen MR) is 133 cm³/mol. The highest BCUT2D eigenvalue weighted by atomic mass is 32.1. The number of ether oxygens (including phenoxy) is 2. The highest BCUT2D eigenvalue weighted by molar-refractivity contribution is 7.15. The predicted octanol–water partition coefficient (Wildman–Crippen LogP) is 2.93. The van der Waals surface area contributed by atoms with Gasteiger partial charge in [0.25, 0.3) is 11.5 Å². The van der Waals surface area contributed by atoms with E-state index in [1.54, 1.807) is 48.8 Å². The molecule has 36 heavy (non-hydrogen) atoms. The first-order valence-electron chi connectivity index (χ1n) is 10.7. The van der Waals surface area contributed by atoms with Crippen LogP contribution in [-0.4, -0.2) is 39.2 Å². The van der Waals surface area contributed by atoms with E-state index in [9.17, 15) is 14.0 Å². The van der Waals surface area contributed by atoms with Crippen LogP contribution in [0.4, 0.5) is 10.1 Å². The fourth-order valence-corrected chi connectivity index (χ4v) is 4.28. The van der Waals surface area contributed by atoms with Crippen LogP contribution >= 0.6 is 11.3 Å². The lowest BCUT2D eigenvalue weighted by molar-refractivity contribution is -0.118. The van der Waals surface area contributed by atoms with Gasteiger partial charge in [0.1, 0.15) is 5.82 Å². The lowest BCUT2D eigenvalue weighted by Gasteiger charge is -2.11. The van der Waals surface area contributed by atoms with Crippen molar-refractivity contribution in [1.82, 2.24) is 19.6 Å². The van der Waals surface area contributed by atoms with Gasteiger partial charge in [0.15, 0.2) is 23.9 Å². The third-order valence-electron chi connectivity index (χ3n) is 5.09. The molecule has 3 heterocycles. The topological polar surface area (TPSA) is 108 Å². The second-order valence-corrected chi connectivity index (χ2v) is 8.54. The SMILES string of the molecule is COc1cc(/C=c2\sc3nc(-c4ccncc4)nn3c2=O)ccc1OCC(=O)Nc1ccc(F)cc1. The lowest BCUT2D eigenvalue weighted by atomic mass is 10.2. The van der Waals surface area contributed by atoms with E-state index in [1.165, 1.54) is 47.2 Å². The number of methoxy groups -OCH3 is 1. The number of benzene rings is 2. The molecule has 0 aliphatic heterocycles. The van der Waals surface area contributed by atoms with Gasteiger partial charge >= 0.3 is 0 Å². The minimum Gasteiger partial charge on any atom is -0.493 e. The second-order valence-electron chi connectivity index (χ2n) is 7.54. The lowest BCUT2D eigenvalue weighted by Crippen LogP contribution is -2.23. The van der Waals surface area contributed by atoms with Crippen molar-refractivity contribution in [2.75, 3.05) is 19.0 Å². The molecule has 2 aromatic carbocycles. The van der Waals surface area contributed by atoms with Gasteiger partial charge in [-0.25, -0.2) is 4.39 Å². The highest BCUT2D eigenvalue weighted by Gasteiger charge is 2.13. The molecule has 180 valence electrons. The Morgan fingerprint density at radius 3 is 2.61 bits per heavy atom. The van der Waals surface area contributed by atoms with Crippen molar-refractivity contribution in [2.45, 2.75) is 0 Å². The normalized spacial score (nSPS) is 11.6. The van der Waals surface area contributed by atoms with Crippen LogP contribution in [-0.2, 0) is 4.79 Å². The van der Waals surface area contributed by atoms with E-state index < -0.39 is 11.7 Å². The average Bonchev–Trinajstić information content (AvgIpc) is 3.44. The van der Waals surface area contributed by atoms with Crippen molar-refractivity contribution in [3.05, 3.63) is 93.3 Å². The summed E-state index contributed by atoms with van der Waals surface area (Å²) in [5.74, 6) is 0.411. The standard InChI is InChI=1S/C25H18FN5O4S/c1-34-20-12-15(2-7-19(20)35-14-22(32)28-18-5-3-17(26)4-6-18)13-21-24(33)31-25(36-21)29-23(30-31)16-8-10-27-11-9-16/h2-13H,14H2,1H3,(H,28,32)/b21-13-. The summed E-state index contributed by atoms with van der Waals surface area (Å²) in [4.78, 5) is 33.9. The van der Waals surface area contributed by atoms with E-state index in [0.717, 1.165) is 5.56 Å². The number of hydrogen-bond acceptors (Lipinski definition) is 8. The quantitative estimate of drug-likeness (QED) is 0.364. The molecule has 0 aliphatic rings. The van der Waals surface area contributed by atoms with Gasteiger partial charge in [0, 0.05) is 23.6 Å². The number of halogens is 1. The van der Waals surface area contributed by atoms with E-state index in [0.29, 0.717) is 38.1 Å². The van der Waals surface area contributed by atoms with Crippen molar-refractivity contribution in [3.63, 3.8) is 0 Å². The number of aromatic nitrogens is 4. The number of hydrogen-bond donors (Lipinski definition) is 1. The molecule has 0 bridgehead atoms. The zero-order valence-electron chi connectivity index (χ0n) is 18.8. The maximum atomic E-state index is 13.0. The van der Waals surface area contributed by atoms with Gasteiger partial charge in [0.2, 0.25) is 4.96 Å². The van der Waals surface area contributed by atoms with Gasteiger partial charge in [0.05, 0.1) is 11.6 Å². The summed E-state index contributed by atoms with van der Waals surface area (Å²) in [6.45, 7) is -0.269. The van der Waals surface area contributed by atoms with Crippen LogP contribution in [0.1, 0.15) is 5.56 Å². The van der Waals surface area contributed by atoms with Crippen LogP contribution in [0.5, 0.6) is 11.5 Å². The number of pyridine rings is 1. The third kappa shape index (κ3) is 4.91. The van der Waals surface area contributed by atoms with Gasteiger partial charge in [-0.05, 0) is 60.2 Å². The molecule has 0 saturated heterocycles. The molecular weight excluding hydrogens is 485 g/mol. The second kappa shape index (κ2) is 9.92. The Morgan fingerprint density at radius 2 is 1.89 bits per heavy atom. The summed E-state index contributed by atoms with van der Waals surface area (Å²) in [5.41, 5.74) is 1.66. The van der Waals surface area contributed by atoms with E-state index >= 15 is 0 Å². The zero-order valence-corrected chi connectivity index (χ0v) is 19.7. The fraction of sp³-hybridized carbons (Fsp3) is 0.0800. The van der Waals surface area contributed by atoms with Gasteiger partial charge in [-0.2, -0.15) is 9.50 Å². The fourth-order valence-electron chi connectivity index (χ4n) is 3.38. The van der Waals surface area contributed by atoms with Gasteiger partial charge < -0.3 is 14.8 Å². The number of nitrogens with zero attached hydrogens (tertiary/aromatic N) is 4. The molecule has 11 heteroatoms. The minimum absolute atomic E-state index is 0.269. The number of fused-ring (bicyclic) bond motifs is 1. The first-order valence-corrected chi connectivity index (χ1v) is 11.5. The van der Waals surface area contributed by atoms with Crippen LogP contribution in [0.15, 0.2) is 71.8 Å². The van der Waals surface area contributed by atoms with Crippen molar-refractivity contribution in [3.8, 4) is 22.9 Å². The molecule has 0 spiro atoms. The van der Waals surface area contributed by atoms with Crippen molar-refractivity contribution >= 4 is 34.0 Å². The first kappa shape index (κ1) is 23.1. The van der Waals surface area contributed by atoms with Gasteiger partial charge in [-0.3, -0.25) is 14.6 Å². The molecule has 5 aromatic rings. The number of nitrogens with one attached hydrogen (secondary N) is 1. The van der Waals surface area contributed by atoms with Gasteiger partial charge in [-0.15, -0.1) is 5.10 Å². The summed E-state index contributed by atoms with van der Waals surface area (Å²) in [5, 5.41) is 6.95. The first-order chi connectivity index (χ1) is 17.5. The summed E-state index contributed by atoms with van der Waals surface area (Å²) < 4.78 is 25.7. The highest BCUT2D eigenvalue weighted by Crippen LogP contribution is 2.28. The molecule has 1 amide bonds. The largest absolute Gasteiger partial charge is 0.493 e. The van der Waals surface area contributed by atoms with E-state index in [1.807, 2.05) is 0 Å². The summed E-state index contributed by atoms with van der Waals surface area (Å²) in [6, 6.07) is 14.1. The molecule has 0 aliphatic carbocycles. The number of carbonyl (C=O) groups excluding carboxylic acids is 1. The van der Waals surface area contributed by atoms with E-state index in [-0.39, 0.29) is 12.2 Å². The number of amides is 1. The molecule has 0 saturated carbocycles. The number of anilines is 1. The maximum absolute atomic E-state index is 13.0. The van der Waals surface area contributed by atoms with Crippen molar-refractivity contribution < 1.29 is 18.7 Å². The monoisotopic (exact) mass is 503 g/mol. The van der Waals surface area contributed by atoms with Gasteiger partial charge in [-0.1, -0.05) is 17.4 Å². The minimum atomic E-state index is -0.407. The molecule has 0 fully saturated rings. The van der Waals surface area contributed by atoms with Crippen LogP contribution < -0.4 is 24.9 Å². The molecule has 1 N–H and O–H groups in total. The Labute approximate surface area is 207 Å². The van der Waals surface area contributed by atoms with Crippen LogP contribution in [0.3, 0.4) is 0 Å². The molecule has 5 rings (SSSR count). The average molecular weight is 504 g/mol. The van der Waals surface area contributed by atoms with Crippen LogP contribution in [0.2, 0.25) is 0 Å². The molecule has 0 atom stereocenters. The van der Waals surface area contributed by atoms with Crippen LogP contribution in [0, 0.1) is 5.82 Å². The van der Waals surface area contributed by atoms with E-state index in [4.69, 9.17) is 9.47 Å². The van der Waals surface area contributed by atoms with Crippen molar-refractivity contribution in [2.24, 2.45) is 0 Å². The Bertz CT molecular complexity index is 1650. The number of thiazole rings is 1.